The molecule has 3 heterocycles. The molecule has 10 rings (SSSR count). The average Bonchev–Trinajstić information content (AvgIpc) is 3.71. The minimum atomic E-state index is 0.596. The van der Waals surface area contributed by atoms with Crippen LogP contribution in [0.1, 0.15) is 18.7 Å². The van der Waals surface area contributed by atoms with Gasteiger partial charge in [0.25, 0.3) is 0 Å². The van der Waals surface area contributed by atoms with E-state index in [1.54, 1.807) is 0 Å². The maximum Gasteiger partial charge on any atom is 0.238 e. The molecule has 50 heavy (non-hydrogen) atoms. The zero-order valence-electron chi connectivity index (χ0n) is 27.2. The number of hydrogen-bond donors (Lipinski definition) is 0. The van der Waals surface area contributed by atoms with Crippen molar-refractivity contribution in [2.24, 2.45) is 0 Å². The third-order valence-corrected chi connectivity index (χ3v) is 9.81. The van der Waals surface area contributed by atoms with E-state index in [1.165, 1.54) is 21.8 Å². The van der Waals surface area contributed by atoms with Gasteiger partial charge in [0.1, 0.15) is 0 Å². The first-order valence-corrected chi connectivity index (χ1v) is 17.1. The van der Waals surface area contributed by atoms with Crippen LogP contribution < -0.4 is 0 Å². The van der Waals surface area contributed by atoms with Crippen LogP contribution in [0.3, 0.4) is 0 Å². The van der Waals surface area contributed by atoms with Crippen molar-refractivity contribution in [2.45, 2.75) is 12.8 Å². The molecule has 0 atom stereocenters. The number of nitrogens with zero attached hydrogens (tertiary/aromatic N) is 5. The summed E-state index contributed by atoms with van der Waals surface area (Å²) in [6.45, 7) is 0. The van der Waals surface area contributed by atoms with Crippen LogP contribution in [0, 0.1) is 0 Å². The third kappa shape index (κ3) is 4.59. The highest BCUT2D eigenvalue weighted by Crippen LogP contribution is 2.38. The Morgan fingerprint density at radius 1 is 0.420 bits per heavy atom. The maximum atomic E-state index is 5.23. The van der Waals surface area contributed by atoms with Gasteiger partial charge in [-0.15, -0.1) is 0 Å². The molecular weight excluding hydrogens is 611 g/mol. The molecule has 0 unspecified atom stereocenters. The van der Waals surface area contributed by atoms with Gasteiger partial charge in [-0.05, 0) is 54.3 Å². The first-order valence-electron chi connectivity index (χ1n) is 17.1. The summed E-state index contributed by atoms with van der Waals surface area (Å²) in [5.41, 5.74) is 9.79. The molecule has 0 spiro atoms. The van der Waals surface area contributed by atoms with Gasteiger partial charge >= 0.3 is 0 Å². The number of benzene rings is 6. The predicted molar refractivity (Wildman–Crippen MR) is 206 cm³/mol. The molecule has 0 radical (unpaired) electrons. The van der Waals surface area contributed by atoms with Crippen molar-refractivity contribution in [2.75, 3.05) is 0 Å². The Kier molecular flexibility index (Phi) is 6.56. The summed E-state index contributed by atoms with van der Waals surface area (Å²) in [5.74, 6) is 1.93. The fraction of sp³-hybridized carbons (Fsp3) is 0.0444. The van der Waals surface area contributed by atoms with E-state index < -0.39 is 0 Å². The molecule has 0 aliphatic heterocycles. The van der Waals surface area contributed by atoms with E-state index in [1.807, 2.05) is 18.2 Å². The number of hydrogen-bond acceptors (Lipinski definition) is 3. The lowest BCUT2D eigenvalue weighted by Crippen LogP contribution is -2.08. The Balaban J connectivity index is 1.30. The minimum absolute atomic E-state index is 0.596. The zero-order chi connectivity index (χ0) is 33.0. The van der Waals surface area contributed by atoms with Crippen LogP contribution in [0.15, 0.2) is 164 Å². The Morgan fingerprint density at radius 2 is 1.02 bits per heavy atom. The second kappa shape index (κ2) is 11.5. The molecular formula is C45H31N5. The van der Waals surface area contributed by atoms with Crippen molar-refractivity contribution in [3.05, 3.63) is 170 Å². The monoisotopic (exact) mass is 641 g/mol. The highest BCUT2D eigenvalue weighted by molar-refractivity contribution is 6.12. The molecule has 0 N–H and O–H groups in total. The van der Waals surface area contributed by atoms with E-state index in [0.717, 1.165) is 62.6 Å². The van der Waals surface area contributed by atoms with Gasteiger partial charge in [-0.25, -0.2) is 4.98 Å². The Hall–Kier alpha value is -6.59. The summed E-state index contributed by atoms with van der Waals surface area (Å²) in [7, 11) is 0. The molecule has 9 aromatic rings. The van der Waals surface area contributed by atoms with Gasteiger partial charge in [0.2, 0.25) is 5.95 Å². The molecule has 0 bridgehead atoms. The van der Waals surface area contributed by atoms with E-state index in [9.17, 15) is 0 Å². The third-order valence-electron chi connectivity index (χ3n) is 9.81. The minimum Gasteiger partial charge on any atom is -0.309 e. The second-order valence-corrected chi connectivity index (χ2v) is 12.8. The predicted octanol–water partition coefficient (Wildman–Crippen LogP) is 11.1. The summed E-state index contributed by atoms with van der Waals surface area (Å²) in [4.78, 5) is 15.5. The summed E-state index contributed by atoms with van der Waals surface area (Å²) >= 11 is 0. The van der Waals surface area contributed by atoms with Crippen molar-refractivity contribution in [3.8, 4) is 34.2 Å². The zero-order valence-corrected chi connectivity index (χ0v) is 27.2. The van der Waals surface area contributed by atoms with Crippen molar-refractivity contribution in [3.63, 3.8) is 0 Å². The normalized spacial score (nSPS) is 13.1. The molecule has 5 heteroatoms. The molecule has 3 aromatic heterocycles. The lowest BCUT2D eigenvalue weighted by atomic mass is 10.0. The fourth-order valence-corrected chi connectivity index (χ4v) is 7.46. The van der Waals surface area contributed by atoms with E-state index in [-0.39, 0.29) is 0 Å². The van der Waals surface area contributed by atoms with Gasteiger partial charge in [0, 0.05) is 38.4 Å². The summed E-state index contributed by atoms with van der Waals surface area (Å²) in [5, 5.41) is 4.76. The number of rotatable bonds is 5. The average molecular weight is 642 g/mol. The number of aromatic nitrogens is 5. The molecule has 5 nitrogen and oxygen atoms in total. The highest BCUT2D eigenvalue weighted by Gasteiger charge is 2.21. The number of para-hydroxylation sites is 2. The van der Waals surface area contributed by atoms with Crippen LogP contribution in [-0.2, 0) is 0 Å². The van der Waals surface area contributed by atoms with Crippen LogP contribution in [0.5, 0.6) is 0 Å². The molecule has 0 saturated heterocycles. The topological polar surface area (TPSA) is 48.5 Å². The number of fused-ring (bicyclic) bond motifs is 6. The SMILES string of the molecule is C1=CC(c2nc(-c3ccccc3)nc(-n3c4cc(-c5ccccc5)ccc4c4ccc(-n5c6ccccc6c6ccccc65)cc43)n2)=CCC1. The number of allylic oxidation sites excluding steroid dienone is 4. The molecule has 236 valence electrons. The molecule has 1 aliphatic rings. The first-order chi connectivity index (χ1) is 24.8. The van der Waals surface area contributed by atoms with E-state index >= 15 is 0 Å². The Morgan fingerprint density at radius 3 is 1.72 bits per heavy atom. The Labute approximate surface area is 289 Å². The van der Waals surface area contributed by atoms with Gasteiger partial charge in [-0.2, -0.15) is 9.97 Å². The molecule has 6 aromatic carbocycles. The Bertz CT molecular complexity index is 2750. The lowest BCUT2D eigenvalue weighted by Gasteiger charge is -2.13. The van der Waals surface area contributed by atoms with Crippen LogP contribution in [0.4, 0.5) is 0 Å². The van der Waals surface area contributed by atoms with Crippen molar-refractivity contribution in [1.29, 1.82) is 0 Å². The molecule has 0 amide bonds. The summed E-state index contributed by atoms with van der Waals surface area (Å²) in [6.07, 6.45) is 8.55. The molecule has 0 fully saturated rings. The second-order valence-electron chi connectivity index (χ2n) is 12.8. The first kappa shape index (κ1) is 28.4. The summed E-state index contributed by atoms with van der Waals surface area (Å²) in [6, 6.07) is 51.6. The van der Waals surface area contributed by atoms with Gasteiger partial charge in [0.05, 0.1) is 22.1 Å². The lowest BCUT2D eigenvalue weighted by molar-refractivity contribution is 0.927. The highest BCUT2D eigenvalue weighted by atomic mass is 15.2. The van der Waals surface area contributed by atoms with Gasteiger partial charge in [0.15, 0.2) is 11.6 Å². The van der Waals surface area contributed by atoms with Gasteiger partial charge in [-0.1, -0.05) is 133 Å². The van der Waals surface area contributed by atoms with Crippen LogP contribution >= 0.6 is 0 Å². The van der Waals surface area contributed by atoms with Crippen molar-refractivity contribution >= 4 is 49.2 Å². The fourth-order valence-electron chi connectivity index (χ4n) is 7.46. The standard InChI is InChI=1S/C45H31N5/c1-4-14-30(15-5-1)33-24-26-37-38-27-25-34(49-39-22-12-10-20-35(39)36-21-11-13-23-40(36)49)29-42(38)50(41(37)28-33)45-47-43(31-16-6-2-7-17-31)46-44(48-45)32-18-8-3-9-19-32/h1-2,4-8,10-29H,3,9H2. The van der Waals surface area contributed by atoms with Gasteiger partial charge in [-0.3, -0.25) is 4.57 Å². The van der Waals surface area contributed by atoms with Gasteiger partial charge < -0.3 is 4.57 Å². The van der Waals surface area contributed by atoms with Crippen LogP contribution in [0.25, 0.3) is 83.3 Å². The van der Waals surface area contributed by atoms with Crippen LogP contribution in [0.2, 0.25) is 0 Å². The van der Waals surface area contributed by atoms with Crippen molar-refractivity contribution in [1.82, 2.24) is 24.1 Å². The molecule has 0 saturated carbocycles. The quantitative estimate of drug-likeness (QED) is 0.188. The smallest absolute Gasteiger partial charge is 0.238 e. The van der Waals surface area contributed by atoms with E-state index in [0.29, 0.717) is 17.6 Å². The van der Waals surface area contributed by atoms with E-state index in [4.69, 9.17) is 15.0 Å². The summed E-state index contributed by atoms with van der Waals surface area (Å²) < 4.78 is 4.60. The van der Waals surface area contributed by atoms with E-state index in [2.05, 4.69) is 155 Å². The van der Waals surface area contributed by atoms with Crippen LogP contribution in [-0.4, -0.2) is 24.1 Å². The molecule has 1 aliphatic carbocycles. The maximum absolute atomic E-state index is 5.23. The largest absolute Gasteiger partial charge is 0.309 e. The van der Waals surface area contributed by atoms with Crippen molar-refractivity contribution < 1.29 is 0 Å².